The van der Waals surface area contributed by atoms with Crippen LogP contribution in [0.3, 0.4) is 0 Å². The molecule has 4 aromatic rings. The van der Waals surface area contributed by atoms with E-state index in [1.165, 1.54) is 11.3 Å². The molecule has 0 spiro atoms. The number of methoxy groups -OCH3 is 2. The van der Waals surface area contributed by atoms with Gasteiger partial charge in [-0.25, -0.2) is 9.78 Å². The lowest BCUT2D eigenvalue weighted by Crippen LogP contribution is -2.07. The third-order valence-electron chi connectivity index (χ3n) is 4.41. The minimum Gasteiger partial charge on any atom is -0.497 e. The van der Waals surface area contributed by atoms with E-state index in [2.05, 4.69) is 4.98 Å². The van der Waals surface area contributed by atoms with Crippen molar-refractivity contribution in [1.82, 2.24) is 4.98 Å². The molecular weight excluding hydrogens is 390 g/mol. The zero-order valence-corrected chi connectivity index (χ0v) is 16.8. The van der Waals surface area contributed by atoms with Crippen LogP contribution in [0.25, 0.3) is 21.5 Å². The smallest absolute Gasteiger partial charge is 0.375 e. The molecule has 0 radical (unpaired) electrons. The van der Waals surface area contributed by atoms with Crippen molar-refractivity contribution in [2.24, 2.45) is 0 Å². The first-order valence-corrected chi connectivity index (χ1v) is 9.83. The Bertz CT molecular complexity index is 1130. The van der Waals surface area contributed by atoms with Gasteiger partial charge in [0.2, 0.25) is 5.76 Å². The predicted molar refractivity (Wildman–Crippen MR) is 110 cm³/mol. The van der Waals surface area contributed by atoms with Crippen molar-refractivity contribution >= 4 is 28.3 Å². The highest BCUT2D eigenvalue weighted by atomic mass is 32.1. The van der Waals surface area contributed by atoms with Crippen LogP contribution in [0.4, 0.5) is 0 Å². The summed E-state index contributed by atoms with van der Waals surface area (Å²) in [5.41, 5.74) is 2.97. The Kier molecular flexibility index (Phi) is 5.59. The Hall–Kier alpha value is -3.16. The highest BCUT2D eigenvalue weighted by Crippen LogP contribution is 2.28. The minimum absolute atomic E-state index is 0.0644. The lowest BCUT2D eigenvalue weighted by molar-refractivity contribution is 0.0428. The van der Waals surface area contributed by atoms with E-state index in [0.717, 1.165) is 21.7 Å². The maximum absolute atomic E-state index is 12.6. The Labute approximate surface area is 171 Å². The summed E-state index contributed by atoms with van der Waals surface area (Å²) in [6.45, 7) is 0.328. The molecule has 0 N–H and O–H groups in total. The van der Waals surface area contributed by atoms with Crippen LogP contribution in [-0.2, 0) is 22.7 Å². The molecule has 2 aromatic carbocycles. The summed E-state index contributed by atoms with van der Waals surface area (Å²) in [6, 6.07) is 15.1. The van der Waals surface area contributed by atoms with E-state index in [0.29, 0.717) is 16.8 Å². The van der Waals surface area contributed by atoms with Gasteiger partial charge < -0.3 is 18.6 Å². The zero-order chi connectivity index (χ0) is 20.2. The highest BCUT2D eigenvalue weighted by molar-refractivity contribution is 7.13. The van der Waals surface area contributed by atoms with Crippen molar-refractivity contribution in [2.45, 2.75) is 13.2 Å². The molecule has 2 heterocycles. The predicted octanol–water partition coefficient (Wildman–Crippen LogP) is 5.07. The molecule has 0 aliphatic rings. The normalized spacial score (nSPS) is 11.0. The van der Waals surface area contributed by atoms with E-state index in [4.69, 9.17) is 18.6 Å². The molecule has 4 rings (SSSR count). The fourth-order valence-electron chi connectivity index (χ4n) is 3.00. The van der Waals surface area contributed by atoms with Gasteiger partial charge in [0.25, 0.3) is 0 Å². The van der Waals surface area contributed by atoms with E-state index < -0.39 is 5.97 Å². The van der Waals surface area contributed by atoms with E-state index in [1.807, 2.05) is 53.9 Å². The number of nitrogens with zero attached hydrogens (tertiary/aromatic N) is 1. The van der Waals surface area contributed by atoms with Crippen LogP contribution in [0.1, 0.15) is 21.8 Å². The first-order chi connectivity index (χ1) is 14.2. The largest absolute Gasteiger partial charge is 0.497 e. The molecule has 0 atom stereocenters. The highest BCUT2D eigenvalue weighted by Gasteiger charge is 2.22. The summed E-state index contributed by atoms with van der Waals surface area (Å²) >= 11 is 1.49. The Balaban J connectivity index is 1.48. The number of furan rings is 1. The third-order valence-corrected chi connectivity index (χ3v) is 5.35. The van der Waals surface area contributed by atoms with Gasteiger partial charge in [0.05, 0.1) is 19.4 Å². The number of thiazole rings is 1. The second kappa shape index (κ2) is 8.46. The van der Waals surface area contributed by atoms with Gasteiger partial charge in [-0.3, -0.25) is 0 Å². The lowest BCUT2D eigenvalue weighted by atomic mass is 10.1. The number of ether oxygens (including phenoxy) is 3. The van der Waals surface area contributed by atoms with Crippen LogP contribution in [0.5, 0.6) is 5.75 Å². The van der Waals surface area contributed by atoms with Crippen molar-refractivity contribution < 1.29 is 23.4 Å². The average Bonchev–Trinajstić information content (AvgIpc) is 3.38. The second-order valence-electron chi connectivity index (χ2n) is 6.29. The van der Waals surface area contributed by atoms with Gasteiger partial charge in [-0.2, -0.15) is 0 Å². The average molecular weight is 409 g/mol. The maximum atomic E-state index is 12.6. The number of para-hydroxylation sites is 1. The van der Waals surface area contributed by atoms with Gasteiger partial charge in [-0.15, -0.1) is 11.3 Å². The fourth-order valence-corrected chi connectivity index (χ4v) is 3.81. The van der Waals surface area contributed by atoms with Crippen molar-refractivity contribution in [1.29, 1.82) is 0 Å². The number of esters is 1. The summed E-state index contributed by atoms with van der Waals surface area (Å²) in [5.74, 6) is 0.420. The van der Waals surface area contributed by atoms with Gasteiger partial charge in [0, 0.05) is 29.0 Å². The summed E-state index contributed by atoms with van der Waals surface area (Å²) in [5, 5.41) is 3.57. The molecule has 0 saturated heterocycles. The first-order valence-electron chi connectivity index (χ1n) is 8.95. The molecule has 0 bridgehead atoms. The molecule has 6 nitrogen and oxygen atoms in total. The minimum atomic E-state index is -0.535. The van der Waals surface area contributed by atoms with Gasteiger partial charge in [-0.05, 0) is 30.3 Å². The number of carbonyl (C=O) groups is 1. The summed E-state index contributed by atoms with van der Waals surface area (Å²) in [6.07, 6.45) is 0. The van der Waals surface area contributed by atoms with Crippen molar-refractivity contribution in [3.8, 4) is 16.3 Å². The third kappa shape index (κ3) is 4.01. The number of hydrogen-bond acceptors (Lipinski definition) is 7. The Morgan fingerprint density at radius 3 is 2.62 bits per heavy atom. The van der Waals surface area contributed by atoms with Crippen molar-refractivity contribution in [2.75, 3.05) is 14.2 Å². The van der Waals surface area contributed by atoms with Crippen LogP contribution in [0, 0.1) is 0 Å². The zero-order valence-electron chi connectivity index (χ0n) is 16.0. The second-order valence-corrected chi connectivity index (χ2v) is 7.15. The van der Waals surface area contributed by atoms with Crippen molar-refractivity contribution in [3.63, 3.8) is 0 Å². The van der Waals surface area contributed by atoms with Crippen molar-refractivity contribution in [3.05, 3.63) is 70.9 Å². The number of aromatic nitrogens is 1. The number of benzene rings is 2. The number of rotatable bonds is 7. The maximum Gasteiger partial charge on any atom is 0.375 e. The number of carbonyl (C=O) groups excluding carboxylic acids is 1. The molecule has 0 aliphatic heterocycles. The van der Waals surface area contributed by atoms with Crippen LogP contribution in [0.15, 0.2) is 58.3 Å². The molecule has 148 valence electrons. The standard InChI is InChI=1S/C22H19NO5S/c1-25-12-18-17-5-3-4-6-19(17)28-20(18)22(24)27-11-15-13-29-21(23-15)14-7-9-16(26-2)10-8-14/h3-10,13H,11-12H2,1-2H3. The van der Waals surface area contributed by atoms with E-state index in [9.17, 15) is 4.79 Å². The monoisotopic (exact) mass is 409 g/mol. The van der Waals surface area contributed by atoms with Gasteiger partial charge in [0.15, 0.2) is 0 Å². The van der Waals surface area contributed by atoms with E-state index in [-0.39, 0.29) is 19.0 Å². The molecule has 7 heteroatoms. The molecule has 0 fully saturated rings. The number of fused-ring (bicyclic) bond motifs is 1. The molecule has 29 heavy (non-hydrogen) atoms. The molecule has 2 aromatic heterocycles. The van der Waals surface area contributed by atoms with E-state index in [1.54, 1.807) is 14.2 Å². The van der Waals surface area contributed by atoms with Crippen LogP contribution in [0.2, 0.25) is 0 Å². The van der Waals surface area contributed by atoms with Gasteiger partial charge in [0.1, 0.15) is 22.9 Å². The summed E-state index contributed by atoms with van der Waals surface area (Å²) < 4.78 is 21.6. The van der Waals surface area contributed by atoms with Gasteiger partial charge in [-0.1, -0.05) is 18.2 Å². The topological polar surface area (TPSA) is 70.8 Å². The molecular formula is C22H19NO5S. The van der Waals surface area contributed by atoms with E-state index >= 15 is 0 Å². The Morgan fingerprint density at radius 2 is 1.86 bits per heavy atom. The SMILES string of the molecule is COCc1c(C(=O)OCc2csc(-c3ccc(OC)cc3)n2)oc2ccccc12. The molecule has 0 amide bonds. The number of hydrogen-bond donors (Lipinski definition) is 0. The molecule has 0 unspecified atom stereocenters. The summed E-state index contributed by atoms with van der Waals surface area (Å²) in [4.78, 5) is 17.2. The van der Waals surface area contributed by atoms with Crippen LogP contribution < -0.4 is 4.74 Å². The lowest BCUT2D eigenvalue weighted by Gasteiger charge is -2.03. The molecule has 0 aliphatic carbocycles. The quantitative estimate of drug-likeness (QED) is 0.397. The van der Waals surface area contributed by atoms with Crippen LogP contribution in [-0.4, -0.2) is 25.2 Å². The van der Waals surface area contributed by atoms with Crippen LogP contribution >= 0.6 is 11.3 Å². The Morgan fingerprint density at radius 1 is 1.07 bits per heavy atom. The summed E-state index contributed by atoms with van der Waals surface area (Å²) in [7, 11) is 3.21. The fraction of sp³-hybridized carbons (Fsp3) is 0.182. The molecule has 0 saturated carbocycles. The first kappa shape index (κ1) is 19.2. The van der Waals surface area contributed by atoms with Gasteiger partial charge >= 0.3 is 5.97 Å².